The van der Waals surface area contributed by atoms with Crippen molar-refractivity contribution in [1.82, 2.24) is 9.97 Å². The van der Waals surface area contributed by atoms with Gasteiger partial charge in [0.15, 0.2) is 0 Å². The van der Waals surface area contributed by atoms with E-state index in [1.807, 2.05) is 0 Å². The van der Waals surface area contributed by atoms with E-state index in [4.69, 9.17) is 10.5 Å². The summed E-state index contributed by atoms with van der Waals surface area (Å²) in [5.74, 6) is 0.964. The minimum atomic E-state index is 0.418. The molecule has 0 radical (unpaired) electrons. The lowest BCUT2D eigenvalue weighted by Crippen LogP contribution is -2.00. The molecule has 1 rings (SSSR count). The van der Waals surface area contributed by atoms with Gasteiger partial charge in [-0.2, -0.15) is 0 Å². The van der Waals surface area contributed by atoms with Crippen LogP contribution in [0.3, 0.4) is 0 Å². The molecule has 0 aromatic carbocycles. The monoisotopic (exact) mass is 181 g/mol. The maximum atomic E-state index is 5.37. The third kappa shape index (κ3) is 3.73. The minimum absolute atomic E-state index is 0.418. The molecule has 0 aliphatic heterocycles. The van der Waals surface area contributed by atoms with E-state index in [9.17, 15) is 0 Å². The zero-order chi connectivity index (χ0) is 9.52. The molecule has 0 atom stereocenters. The van der Waals surface area contributed by atoms with Crippen LogP contribution in [0.2, 0.25) is 0 Å². The first-order chi connectivity index (χ1) is 6.33. The topological polar surface area (TPSA) is 61.0 Å². The molecule has 72 valence electrons. The Morgan fingerprint density at radius 1 is 1.31 bits per heavy atom. The molecule has 0 saturated heterocycles. The number of hydrogen-bond donors (Lipinski definition) is 1. The summed E-state index contributed by atoms with van der Waals surface area (Å²) in [4.78, 5) is 7.83. The van der Waals surface area contributed by atoms with Crippen LogP contribution in [-0.2, 0) is 0 Å². The van der Waals surface area contributed by atoms with Crippen LogP contribution >= 0.6 is 0 Å². The van der Waals surface area contributed by atoms with Crippen LogP contribution in [-0.4, -0.2) is 16.6 Å². The summed E-state index contributed by atoms with van der Waals surface area (Å²) in [6, 6.07) is 0. The van der Waals surface area contributed by atoms with Crippen molar-refractivity contribution in [1.29, 1.82) is 0 Å². The zero-order valence-corrected chi connectivity index (χ0v) is 7.86. The van der Waals surface area contributed by atoms with Crippen molar-refractivity contribution in [3.8, 4) is 5.88 Å². The number of anilines is 1. The van der Waals surface area contributed by atoms with Gasteiger partial charge in [0, 0.05) is 0 Å². The lowest BCUT2D eigenvalue weighted by molar-refractivity contribution is 0.294. The van der Waals surface area contributed by atoms with Crippen LogP contribution in [0.4, 0.5) is 5.82 Å². The maximum absolute atomic E-state index is 5.37. The van der Waals surface area contributed by atoms with Crippen molar-refractivity contribution < 1.29 is 4.74 Å². The average Bonchev–Trinajstić information content (AvgIpc) is 2.15. The molecule has 0 unspecified atom stereocenters. The van der Waals surface area contributed by atoms with Crippen molar-refractivity contribution in [3.05, 3.63) is 12.4 Å². The van der Waals surface area contributed by atoms with Gasteiger partial charge < -0.3 is 10.5 Å². The zero-order valence-electron chi connectivity index (χ0n) is 7.86. The molecule has 4 nitrogen and oxygen atoms in total. The molecular formula is C9H15N3O. The first kappa shape index (κ1) is 9.77. The van der Waals surface area contributed by atoms with Gasteiger partial charge in [0.2, 0.25) is 5.88 Å². The largest absolute Gasteiger partial charge is 0.477 e. The predicted octanol–water partition coefficient (Wildman–Crippen LogP) is 1.63. The molecule has 0 bridgehead atoms. The molecule has 0 amide bonds. The molecule has 0 aliphatic rings. The number of nitrogens with zero attached hydrogens (tertiary/aromatic N) is 2. The highest BCUT2D eigenvalue weighted by molar-refractivity contribution is 5.24. The second-order valence-corrected chi connectivity index (χ2v) is 2.84. The molecule has 0 aliphatic carbocycles. The number of nitrogens with two attached hydrogens (primary N) is 1. The van der Waals surface area contributed by atoms with Gasteiger partial charge in [-0.05, 0) is 6.42 Å². The summed E-state index contributed by atoms with van der Waals surface area (Å²) in [7, 11) is 0. The highest BCUT2D eigenvalue weighted by atomic mass is 16.5. The lowest BCUT2D eigenvalue weighted by atomic mass is 10.3. The average molecular weight is 181 g/mol. The van der Waals surface area contributed by atoms with Crippen LogP contribution < -0.4 is 10.5 Å². The van der Waals surface area contributed by atoms with Gasteiger partial charge in [-0.25, -0.2) is 9.97 Å². The molecular weight excluding hydrogens is 166 g/mol. The lowest BCUT2D eigenvalue weighted by Gasteiger charge is -2.03. The van der Waals surface area contributed by atoms with E-state index in [1.54, 1.807) is 6.20 Å². The molecule has 2 N–H and O–H groups in total. The predicted molar refractivity (Wildman–Crippen MR) is 51.5 cm³/mol. The highest BCUT2D eigenvalue weighted by Gasteiger charge is 1.94. The Morgan fingerprint density at radius 2 is 2.15 bits per heavy atom. The van der Waals surface area contributed by atoms with Gasteiger partial charge in [-0.1, -0.05) is 19.8 Å². The first-order valence-electron chi connectivity index (χ1n) is 4.53. The number of nitrogen functional groups attached to an aromatic ring is 1. The number of hydrogen-bond acceptors (Lipinski definition) is 4. The Balaban J connectivity index is 2.25. The number of rotatable bonds is 5. The fraction of sp³-hybridized carbons (Fsp3) is 0.556. The van der Waals surface area contributed by atoms with E-state index >= 15 is 0 Å². The minimum Gasteiger partial charge on any atom is -0.477 e. The standard InChI is InChI=1S/C9H15N3O/c1-2-3-4-5-13-9-7-11-8(10)6-12-9/h6-7H,2-5H2,1H3,(H2,10,11). The molecule has 13 heavy (non-hydrogen) atoms. The second-order valence-electron chi connectivity index (χ2n) is 2.84. The Labute approximate surface area is 78.1 Å². The van der Waals surface area contributed by atoms with E-state index < -0.39 is 0 Å². The maximum Gasteiger partial charge on any atom is 0.232 e. The first-order valence-corrected chi connectivity index (χ1v) is 4.53. The van der Waals surface area contributed by atoms with E-state index in [0.717, 1.165) is 6.42 Å². The number of unbranched alkanes of at least 4 members (excludes halogenated alkanes) is 2. The Morgan fingerprint density at radius 3 is 2.77 bits per heavy atom. The van der Waals surface area contributed by atoms with Crippen LogP contribution in [0.1, 0.15) is 26.2 Å². The summed E-state index contributed by atoms with van der Waals surface area (Å²) >= 11 is 0. The molecule has 0 fully saturated rings. The Hall–Kier alpha value is -1.32. The molecule has 1 aromatic rings. The van der Waals surface area contributed by atoms with Gasteiger partial charge in [0.25, 0.3) is 0 Å². The summed E-state index contributed by atoms with van der Waals surface area (Å²) in [5.41, 5.74) is 5.37. The van der Waals surface area contributed by atoms with E-state index in [0.29, 0.717) is 18.3 Å². The third-order valence-corrected chi connectivity index (χ3v) is 1.65. The van der Waals surface area contributed by atoms with Crippen molar-refractivity contribution in [3.63, 3.8) is 0 Å². The van der Waals surface area contributed by atoms with Crippen molar-refractivity contribution in [2.24, 2.45) is 0 Å². The van der Waals surface area contributed by atoms with Gasteiger partial charge in [0.1, 0.15) is 5.82 Å². The highest BCUT2D eigenvalue weighted by Crippen LogP contribution is 2.05. The Kier molecular flexibility index (Phi) is 4.02. The summed E-state index contributed by atoms with van der Waals surface area (Å²) in [6.45, 7) is 2.86. The molecule has 4 heteroatoms. The second kappa shape index (κ2) is 5.35. The smallest absolute Gasteiger partial charge is 0.232 e. The molecule has 0 spiro atoms. The fourth-order valence-electron chi connectivity index (χ4n) is 0.930. The van der Waals surface area contributed by atoms with Crippen molar-refractivity contribution in [2.75, 3.05) is 12.3 Å². The normalized spacial score (nSPS) is 9.92. The van der Waals surface area contributed by atoms with E-state index in [1.165, 1.54) is 19.0 Å². The summed E-state index contributed by atoms with van der Waals surface area (Å²) < 4.78 is 5.33. The molecule has 1 aromatic heterocycles. The third-order valence-electron chi connectivity index (χ3n) is 1.65. The fourth-order valence-corrected chi connectivity index (χ4v) is 0.930. The number of aromatic nitrogens is 2. The van der Waals surface area contributed by atoms with Crippen LogP contribution in [0.25, 0.3) is 0 Å². The summed E-state index contributed by atoms with van der Waals surface area (Å²) in [5, 5.41) is 0. The van der Waals surface area contributed by atoms with Crippen LogP contribution in [0, 0.1) is 0 Å². The van der Waals surface area contributed by atoms with Gasteiger partial charge in [0.05, 0.1) is 19.0 Å². The van der Waals surface area contributed by atoms with E-state index in [-0.39, 0.29) is 0 Å². The van der Waals surface area contributed by atoms with Crippen LogP contribution in [0.15, 0.2) is 12.4 Å². The molecule has 0 saturated carbocycles. The number of ether oxygens (including phenoxy) is 1. The molecule has 1 heterocycles. The van der Waals surface area contributed by atoms with Gasteiger partial charge >= 0.3 is 0 Å². The summed E-state index contributed by atoms with van der Waals surface area (Å²) in [6.07, 6.45) is 6.47. The quantitative estimate of drug-likeness (QED) is 0.701. The van der Waals surface area contributed by atoms with Gasteiger partial charge in [-0.3, -0.25) is 0 Å². The Bertz CT molecular complexity index is 235. The van der Waals surface area contributed by atoms with Crippen molar-refractivity contribution >= 4 is 5.82 Å². The van der Waals surface area contributed by atoms with Gasteiger partial charge in [-0.15, -0.1) is 0 Å². The van der Waals surface area contributed by atoms with Crippen molar-refractivity contribution in [2.45, 2.75) is 26.2 Å². The van der Waals surface area contributed by atoms with E-state index in [2.05, 4.69) is 16.9 Å². The SMILES string of the molecule is CCCCCOc1cnc(N)cn1. The van der Waals surface area contributed by atoms with Crippen LogP contribution in [0.5, 0.6) is 5.88 Å².